The minimum atomic E-state index is -5.24. The van der Waals surface area contributed by atoms with Crippen molar-refractivity contribution in [3.63, 3.8) is 0 Å². The highest BCUT2D eigenvalue weighted by Crippen LogP contribution is 2.41. The van der Waals surface area contributed by atoms with E-state index in [0.717, 1.165) is 0 Å². The van der Waals surface area contributed by atoms with Gasteiger partial charge in [0.05, 0.1) is 17.2 Å². The molecular formula is C14H16Cl2F8N2. The Morgan fingerprint density at radius 1 is 0.962 bits per heavy atom. The number of alkyl halides is 7. The summed E-state index contributed by atoms with van der Waals surface area (Å²) in [5.74, 6) is -1.71. The third-order valence-corrected chi connectivity index (χ3v) is 3.83. The van der Waals surface area contributed by atoms with Crippen LogP contribution in [0.4, 0.5) is 35.1 Å². The Bertz CT molecular complexity index is 586. The summed E-state index contributed by atoms with van der Waals surface area (Å²) in [7, 11) is 0. The molecule has 2 rings (SSSR count). The lowest BCUT2D eigenvalue weighted by molar-refractivity contribution is -0.144. The van der Waals surface area contributed by atoms with Crippen molar-refractivity contribution in [1.82, 2.24) is 10.2 Å². The third-order valence-electron chi connectivity index (χ3n) is 3.83. The summed E-state index contributed by atoms with van der Waals surface area (Å²) in [4.78, 5) is 1.29. The van der Waals surface area contributed by atoms with Gasteiger partial charge in [-0.05, 0) is 12.1 Å². The molecule has 0 unspecified atom stereocenters. The van der Waals surface area contributed by atoms with Crippen molar-refractivity contribution in [1.29, 1.82) is 0 Å². The molecule has 1 saturated heterocycles. The number of hydrogen-bond acceptors (Lipinski definition) is 2. The summed E-state index contributed by atoms with van der Waals surface area (Å²) in [6.07, 6.45) is -10.4. The minimum Gasteiger partial charge on any atom is -0.314 e. The van der Waals surface area contributed by atoms with Gasteiger partial charge in [0.25, 0.3) is 0 Å². The van der Waals surface area contributed by atoms with Crippen LogP contribution in [-0.4, -0.2) is 37.8 Å². The van der Waals surface area contributed by atoms with Crippen molar-refractivity contribution in [3.8, 4) is 0 Å². The van der Waals surface area contributed by atoms with Crippen molar-refractivity contribution in [2.45, 2.75) is 18.4 Å². The first-order valence-electron chi connectivity index (χ1n) is 7.04. The van der Waals surface area contributed by atoms with Crippen LogP contribution >= 0.6 is 24.8 Å². The van der Waals surface area contributed by atoms with Crippen LogP contribution in [0.5, 0.6) is 0 Å². The molecule has 1 heterocycles. The van der Waals surface area contributed by atoms with Gasteiger partial charge < -0.3 is 5.32 Å². The van der Waals surface area contributed by atoms with Gasteiger partial charge in [-0.1, -0.05) is 0 Å². The van der Waals surface area contributed by atoms with Crippen molar-refractivity contribution in [2.24, 2.45) is 0 Å². The maximum absolute atomic E-state index is 14.2. The molecule has 0 bridgehead atoms. The van der Waals surface area contributed by atoms with E-state index < -0.39 is 47.6 Å². The van der Waals surface area contributed by atoms with Crippen LogP contribution in [0.3, 0.4) is 0 Å². The first kappa shape index (κ1) is 25.2. The Kier molecular flexibility index (Phi) is 9.08. The maximum Gasteiger partial charge on any atom is 0.416 e. The van der Waals surface area contributed by atoms with Crippen molar-refractivity contribution in [2.75, 3.05) is 32.9 Å². The Morgan fingerprint density at radius 2 is 1.50 bits per heavy atom. The van der Waals surface area contributed by atoms with Gasteiger partial charge in [0.1, 0.15) is 12.5 Å². The fraction of sp³-hybridized carbons (Fsp3) is 0.571. The van der Waals surface area contributed by atoms with Crippen molar-refractivity contribution >= 4 is 24.8 Å². The normalized spacial score (nSPS) is 17.2. The van der Waals surface area contributed by atoms with Crippen LogP contribution in [0.25, 0.3) is 0 Å². The number of halogens is 10. The van der Waals surface area contributed by atoms with E-state index in [-0.39, 0.29) is 50.0 Å². The predicted molar refractivity (Wildman–Crippen MR) is 84.1 cm³/mol. The molecule has 1 aromatic rings. The molecule has 26 heavy (non-hydrogen) atoms. The molecule has 1 aromatic carbocycles. The topological polar surface area (TPSA) is 15.3 Å². The molecular weight excluding hydrogens is 419 g/mol. The molecule has 0 saturated carbocycles. The molecule has 1 N–H and O–H groups in total. The predicted octanol–water partition coefficient (Wildman–Crippen LogP) is 4.62. The van der Waals surface area contributed by atoms with E-state index in [1.165, 1.54) is 4.90 Å². The molecule has 152 valence electrons. The van der Waals surface area contributed by atoms with Gasteiger partial charge in [0.2, 0.25) is 0 Å². The lowest BCUT2D eigenvalue weighted by atomic mass is 9.95. The second kappa shape index (κ2) is 9.38. The summed E-state index contributed by atoms with van der Waals surface area (Å²) in [5, 5.41) is 2.90. The average molecular weight is 435 g/mol. The van der Waals surface area contributed by atoms with Crippen LogP contribution in [0.15, 0.2) is 12.1 Å². The monoisotopic (exact) mass is 434 g/mol. The zero-order valence-electron chi connectivity index (χ0n) is 13.1. The number of nitrogens with zero attached hydrogens (tertiary/aromatic N) is 1. The lowest BCUT2D eigenvalue weighted by Gasteiger charge is -2.35. The van der Waals surface area contributed by atoms with Crippen LogP contribution in [0, 0.1) is 5.82 Å². The van der Waals surface area contributed by atoms with Gasteiger partial charge in [0, 0.05) is 31.7 Å². The SMILES string of the molecule is Cl.Cl.FC[C@@H](c1c(F)cc(C(F)(F)F)cc1C(F)(F)F)N1CCNCC1. The van der Waals surface area contributed by atoms with E-state index in [1.807, 2.05) is 0 Å². The smallest absolute Gasteiger partial charge is 0.314 e. The average Bonchev–Trinajstić information content (AvgIpc) is 2.48. The largest absolute Gasteiger partial charge is 0.416 e. The van der Waals surface area contributed by atoms with E-state index in [1.54, 1.807) is 0 Å². The quantitative estimate of drug-likeness (QED) is 0.698. The summed E-state index contributed by atoms with van der Waals surface area (Å²) in [6, 6.07) is -1.77. The molecule has 0 amide bonds. The third kappa shape index (κ3) is 5.58. The number of piperazine rings is 1. The van der Waals surface area contributed by atoms with Gasteiger partial charge in [-0.15, -0.1) is 24.8 Å². The number of rotatable bonds is 3. The first-order valence-corrected chi connectivity index (χ1v) is 7.04. The van der Waals surface area contributed by atoms with Crippen LogP contribution in [0.1, 0.15) is 22.7 Å². The molecule has 2 nitrogen and oxygen atoms in total. The molecule has 0 aromatic heterocycles. The van der Waals surface area contributed by atoms with Gasteiger partial charge >= 0.3 is 12.4 Å². The molecule has 0 radical (unpaired) electrons. The number of hydrogen-bond donors (Lipinski definition) is 1. The molecule has 1 aliphatic heterocycles. The van der Waals surface area contributed by atoms with Crippen LogP contribution < -0.4 is 5.32 Å². The first-order chi connectivity index (χ1) is 11.1. The van der Waals surface area contributed by atoms with Gasteiger partial charge in [-0.3, -0.25) is 4.90 Å². The van der Waals surface area contributed by atoms with Gasteiger partial charge in [0.15, 0.2) is 0 Å². The molecule has 0 aliphatic carbocycles. The van der Waals surface area contributed by atoms with E-state index in [9.17, 15) is 35.1 Å². The van der Waals surface area contributed by atoms with E-state index >= 15 is 0 Å². The van der Waals surface area contributed by atoms with Crippen LogP contribution in [0.2, 0.25) is 0 Å². The zero-order chi connectivity index (χ0) is 18.1. The van der Waals surface area contributed by atoms with Crippen molar-refractivity contribution < 1.29 is 35.1 Å². The summed E-state index contributed by atoms with van der Waals surface area (Å²) in [5.41, 5.74) is -4.63. The standard InChI is InChI=1S/C14H14F8N2.2ClH/c15-7-11(24-3-1-23-2-4-24)12-9(14(20,21)22)5-8(6-10(12)16)13(17,18)19;;/h5-6,11,23H,1-4,7H2;2*1H/t11-;;/m0../s1. The lowest BCUT2D eigenvalue weighted by Crippen LogP contribution is -2.46. The fourth-order valence-electron chi connectivity index (χ4n) is 2.71. The maximum atomic E-state index is 14.2. The van der Waals surface area contributed by atoms with E-state index in [0.29, 0.717) is 13.1 Å². The molecule has 0 spiro atoms. The fourth-order valence-corrected chi connectivity index (χ4v) is 2.71. The van der Waals surface area contributed by atoms with E-state index in [4.69, 9.17) is 0 Å². The molecule has 1 aliphatic rings. The summed E-state index contributed by atoms with van der Waals surface area (Å²) < 4.78 is 105. The Hall–Kier alpha value is -0.840. The van der Waals surface area contributed by atoms with Crippen molar-refractivity contribution in [3.05, 3.63) is 34.6 Å². The van der Waals surface area contributed by atoms with Gasteiger partial charge in [-0.25, -0.2) is 8.78 Å². The van der Waals surface area contributed by atoms with E-state index in [2.05, 4.69) is 5.32 Å². The Balaban J connectivity index is 0.00000312. The van der Waals surface area contributed by atoms with Gasteiger partial charge in [-0.2, -0.15) is 26.3 Å². The minimum absolute atomic E-state index is 0. The highest BCUT2D eigenvalue weighted by molar-refractivity contribution is 5.85. The summed E-state index contributed by atoms with van der Waals surface area (Å²) in [6.45, 7) is -0.301. The Morgan fingerprint density at radius 3 is 1.92 bits per heavy atom. The van der Waals surface area contributed by atoms with Crippen LogP contribution in [-0.2, 0) is 12.4 Å². The molecule has 1 fully saturated rings. The highest BCUT2D eigenvalue weighted by atomic mass is 35.5. The number of nitrogens with one attached hydrogen (secondary N) is 1. The molecule has 1 atom stereocenters. The second-order valence-corrected chi connectivity index (χ2v) is 5.37. The zero-order valence-corrected chi connectivity index (χ0v) is 14.7. The highest BCUT2D eigenvalue weighted by Gasteiger charge is 2.42. The number of benzene rings is 1. The molecule has 12 heteroatoms. The second-order valence-electron chi connectivity index (χ2n) is 5.37. The Labute approximate surface area is 156 Å². The summed E-state index contributed by atoms with van der Waals surface area (Å²) >= 11 is 0.